The van der Waals surface area contributed by atoms with Crippen molar-refractivity contribution in [1.82, 2.24) is 10.3 Å². The van der Waals surface area contributed by atoms with E-state index < -0.39 is 0 Å². The zero-order valence-electron chi connectivity index (χ0n) is 13.4. The quantitative estimate of drug-likeness (QED) is 0.861. The van der Waals surface area contributed by atoms with Crippen molar-refractivity contribution in [1.29, 1.82) is 0 Å². The number of anilines is 1. The molecular formula is C16H29N3S. The van der Waals surface area contributed by atoms with Gasteiger partial charge in [0.1, 0.15) is 0 Å². The van der Waals surface area contributed by atoms with Crippen molar-refractivity contribution < 1.29 is 0 Å². The molecule has 0 aliphatic heterocycles. The van der Waals surface area contributed by atoms with E-state index in [1.807, 2.05) is 11.3 Å². The Morgan fingerprint density at radius 2 is 2.00 bits per heavy atom. The molecule has 0 radical (unpaired) electrons. The van der Waals surface area contributed by atoms with Gasteiger partial charge < -0.3 is 10.2 Å². The van der Waals surface area contributed by atoms with Crippen molar-refractivity contribution in [3.63, 3.8) is 0 Å². The highest BCUT2D eigenvalue weighted by molar-refractivity contribution is 7.15. The van der Waals surface area contributed by atoms with Crippen LogP contribution in [0.3, 0.4) is 0 Å². The molecule has 1 saturated carbocycles. The Morgan fingerprint density at radius 3 is 2.65 bits per heavy atom. The van der Waals surface area contributed by atoms with Crippen molar-refractivity contribution >= 4 is 16.5 Å². The second-order valence-electron chi connectivity index (χ2n) is 6.43. The first kappa shape index (κ1) is 15.8. The van der Waals surface area contributed by atoms with Crippen LogP contribution in [0.4, 0.5) is 5.13 Å². The van der Waals surface area contributed by atoms with E-state index in [4.69, 9.17) is 4.98 Å². The third-order valence-electron chi connectivity index (χ3n) is 4.14. The van der Waals surface area contributed by atoms with Crippen molar-refractivity contribution in [2.45, 2.75) is 65.5 Å². The molecule has 1 fully saturated rings. The average Bonchev–Trinajstić information content (AvgIpc) is 2.79. The zero-order chi connectivity index (χ0) is 14.5. The number of aromatic nitrogens is 1. The van der Waals surface area contributed by atoms with E-state index in [9.17, 15) is 0 Å². The van der Waals surface area contributed by atoms with Gasteiger partial charge in [0.15, 0.2) is 5.13 Å². The van der Waals surface area contributed by atoms with Gasteiger partial charge in [-0.25, -0.2) is 4.98 Å². The van der Waals surface area contributed by atoms with Crippen LogP contribution < -0.4 is 10.2 Å². The predicted octanol–water partition coefficient (Wildman–Crippen LogP) is 3.97. The van der Waals surface area contributed by atoms with Gasteiger partial charge in [-0.05, 0) is 25.7 Å². The lowest BCUT2D eigenvalue weighted by Crippen LogP contribution is -2.26. The molecule has 4 heteroatoms. The maximum atomic E-state index is 4.76. The highest BCUT2D eigenvalue weighted by atomic mass is 32.1. The molecule has 1 N–H and O–H groups in total. The van der Waals surface area contributed by atoms with Gasteiger partial charge in [-0.3, -0.25) is 0 Å². The molecule has 20 heavy (non-hydrogen) atoms. The summed E-state index contributed by atoms with van der Waals surface area (Å²) in [4.78, 5) is 8.50. The summed E-state index contributed by atoms with van der Waals surface area (Å²) in [5.74, 6) is 0.871. The SMILES string of the molecule is Cc1nc(N(C)CC2CCCCC2)sc1CNC(C)C. The van der Waals surface area contributed by atoms with Gasteiger partial charge in [-0.2, -0.15) is 0 Å². The second kappa shape index (κ2) is 7.41. The summed E-state index contributed by atoms with van der Waals surface area (Å²) in [6.07, 6.45) is 7.06. The van der Waals surface area contributed by atoms with E-state index >= 15 is 0 Å². The number of thiazole rings is 1. The molecule has 1 aromatic heterocycles. The summed E-state index contributed by atoms with van der Waals surface area (Å²) in [5.41, 5.74) is 1.19. The van der Waals surface area contributed by atoms with E-state index in [1.54, 1.807) is 0 Å². The van der Waals surface area contributed by atoms with E-state index in [0.717, 1.165) is 12.5 Å². The van der Waals surface area contributed by atoms with Gasteiger partial charge in [-0.15, -0.1) is 11.3 Å². The summed E-state index contributed by atoms with van der Waals surface area (Å²) in [7, 11) is 2.20. The lowest BCUT2D eigenvalue weighted by atomic mass is 9.89. The molecule has 0 bridgehead atoms. The maximum absolute atomic E-state index is 4.76. The van der Waals surface area contributed by atoms with Gasteiger partial charge >= 0.3 is 0 Å². The van der Waals surface area contributed by atoms with Crippen LogP contribution in [0.15, 0.2) is 0 Å². The average molecular weight is 295 g/mol. The van der Waals surface area contributed by atoms with E-state index in [-0.39, 0.29) is 0 Å². The van der Waals surface area contributed by atoms with E-state index in [1.165, 1.54) is 54.4 Å². The molecule has 0 spiro atoms. The topological polar surface area (TPSA) is 28.2 Å². The Labute approximate surface area is 127 Å². The molecule has 1 aliphatic rings. The van der Waals surface area contributed by atoms with Crippen molar-refractivity contribution in [3.05, 3.63) is 10.6 Å². The molecule has 0 unspecified atom stereocenters. The number of aryl methyl sites for hydroxylation is 1. The first-order chi connectivity index (χ1) is 9.56. The maximum Gasteiger partial charge on any atom is 0.185 e. The zero-order valence-corrected chi connectivity index (χ0v) is 14.2. The summed E-state index contributed by atoms with van der Waals surface area (Å²) in [5, 5.41) is 4.68. The minimum absolute atomic E-state index is 0.528. The molecule has 0 saturated heterocycles. The summed E-state index contributed by atoms with van der Waals surface area (Å²) >= 11 is 1.85. The Kier molecular flexibility index (Phi) is 5.85. The van der Waals surface area contributed by atoms with Crippen LogP contribution in [0, 0.1) is 12.8 Å². The normalized spacial score (nSPS) is 16.9. The van der Waals surface area contributed by atoms with Crippen LogP contribution in [0.5, 0.6) is 0 Å². The first-order valence-corrected chi connectivity index (χ1v) is 8.78. The third-order valence-corrected chi connectivity index (χ3v) is 5.41. The van der Waals surface area contributed by atoms with Gasteiger partial charge in [0, 0.05) is 31.1 Å². The number of nitrogens with zero attached hydrogens (tertiary/aromatic N) is 2. The van der Waals surface area contributed by atoms with E-state index in [2.05, 4.69) is 38.0 Å². The lowest BCUT2D eigenvalue weighted by molar-refractivity contribution is 0.362. The first-order valence-electron chi connectivity index (χ1n) is 7.97. The van der Waals surface area contributed by atoms with Gasteiger partial charge in [0.25, 0.3) is 0 Å². The van der Waals surface area contributed by atoms with Crippen LogP contribution in [-0.4, -0.2) is 24.6 Å². The second-order valence-corrected chi connectivity index (χ2v) is 7.49. The van der Waals surface area contributed by atoms with Crippen molar-refractivity contribution in [2.75, 3.05) is 18.5 Å². The molecule has 0 amide bonds. The monoisotopic (exact) mass is 295 g/mol. The fraction of sp³-hybridized carbons (Fsp3) is 0.812. The molecule has 1 aromatic rings. The molecule has 1 aliphatic carbocycles. The van der Waals surface area contributed by atoms with Crippen LogP contribution in [0.25, 0.3) is 0 Å². The molecule has 3 nitrogen and oxygen atoms in total. The fourth-order valence-corrected chi connectivity index (χ4v) is 3.85. The Hall–Kier alpha value is -0.610. The van der Waals surface area contributed by atoms with Crippen LogP contribution in [-0.2, 0) is 6.54 Å². The molecule has 2 rings (SSSR count). The molecular weight excluding hydrogens is 266 g/mol. The molecule has 114 valence electrons. The standard InChI is InChI=1S/C16H29N3S/c1-12(2)17-10-15-13(3)18-16(20-15)19(4)11-14-8-6-5-7-9-14/h12,14,17H,5-11H2,1-4H3. The molecule has 0 aromatic carbocycles. The number of hydrogen-bond donors (Lipinski definition) is 1. The smallest absolute Gasteiger partial charge is 0.185 e. The van der Waals surface area contributed by atoms with E-state index in [0.29, 0.717) is 6.04 Å². The summed E-state index contributed by atoms with van der Waals surface area (Å²) < 4.78 is 0. The van der Waals surface area contributed by atoms with Crippen LogP contribution in [0.2, 0.25) is 0 Å². The van der Waals surface area contributed by atoms with Crippen molar-refractivity contribution in [2.24, 2.45) is 5.92 Å². The number of rotatable bonds is 6. The minimum atomic E-state index is 0.528. The highest BCUT2D eigenvalue weighted by Gasteiger charge is 2.18. The Morgan fingerprint density at radius 1 is 1.30 bits per heavy atom. The number of hydrogen-bond acceptors (Lipinski definition) is 4. The van der Waals surface area contributed by atoms with Crippen molar-refractivity contribution in [3.8, 4) is 0 Å². The Balaban J connectivity index is 1.92. The van der Waals surface area contributed by atoms with Gasteiger partial charge in [0.2, 0.25) is 0 Å². The summed E-state index contributed by atoms with van der Waals surface area (Å²) in [6, 6.07) is 0.528. The Bertz CT molecular complexity index is 408. The number of nitrogens with one attached hydrogen (secondary N) is 1. The predicted molar refractivity (Wildman–Crippen MR) is 88.7 cm³/mol. The molecule has 0 atom stereocenters. The third kappa shape index (κ3) is 4.45. The molecule has 1 heterocycles. The summed E-state index contributed by atoms with van der Waals surface area (Å²) in [6.45, 7) is 8.62. The highest BCUT2D eigenvalue weighted by Crippen LogP contribution is 2.29. The largest absolute Gasteiger partial charge is 0.351 e. The minimum Gasteiger partial charge on any atom is -0.351 e. The van der Waals surface area contributed by atoms with Gasteiger partial charge in [0.05, 0.1) is 5.69 Å². The van der Waals surface area contributed by atoms with Gasteiger partial charge in [-0.1, -0.05) is 33.1 Å². The van der Waals surface area contributed by atoms with Crippen LogP contribution in [0.1, 0.15) is 56.5 Å². The van der Waals surface area contributed by atoms with Crippen LogP contribution >= 0.6 is 11.3 Å². The fourth-order valence-electron chi connectivity index (χ4n) is 2.87. The lowest BCUT2D eigenvalue weighted by Gasteiger charge is -2.26.